The second-order valence-corrected chi connectivity index (χ2v) is 20.9. The first-order valence-electron chi connectivity index (χ1n) is 28.3. The quantitative estimate of drug-likeness (QED) is 0.0258. The Morgan fingerprint density at radius 1 is 0.507 bits per heavy atom. The van der Waals surface area contributed by atoms with Crippen molar-refractivity contribution in [3.05, 3.63) is 0 Å². The summed E-state index contributed by atoms with van der Waals surface area (Å²) in [5, 5.41) is 30.8. The van der Waals surface area contributed by atoms with Crippen LogP contribution in [0.1, 0.15) is 277 Å². The van der Waals surface area contributed by atoms with Crippen molar-refractivity contribution in [2.45, 2.75) is 314 Å². The van der Waals surface area contributed by atoms with E-state index in [9.17, 15) is 33.1 Å². The molecule has 400 valence electrons. The predicted octanol–water partition coefficient (Wildman–Crippen LogP) is 13.6. The number of hydrogen-bond acceptors (Lipinski definition) is 11. The summed E-state index contributed by atoms with van der Waals surface area (Å²) in [7, 11) is -5.06. The van der Waals surface area contributed by atoms with E-state index >= 15 is 0 Å². The third-order valence-corrected chi connectivity index (χ3v) is 13.9. The molecule has 1 aliphatic heterocycles. The topological polar surface area (TPSA) is 178 Å². The lowest BCUT2D eigenvalue weighted by atomic mass is 9.99. The molecule has 1 fully saturated rings. The zero-order chi connectivity index (χ0) is 48.9. The van der Waals surface area contributed by atoms with E-state index in [2.05, 4.69) is 18.0 Å². The SMILES string of the molecule is CCCCCCCCCCCCCCCCCCCCCCCCCCCC(=O)OC(COCCCCCCCCCCCCCCCCC)COC1OC(CO)C(O)C(OS(=O)(=O)O)C1O. The molecule has 4 N–H and O–H groups in total. The van der Waals surface area contributed by atoms with E-state index in [0.717, 1.165) is 38.5 Å². The van der Waals surface area contributed by atoms with Gasteiger partial charge in [0, 0.05) is 13.0 Å². The van der Waals surface area contributed by atoms with E-state index < -0.39 is 53.8 Å². The number of ether oxygens (including phenoxy) is 4. The molecule has 1 rings (SSSR count). The minimum Gasteiger partial charge on any atom is -0.457 e. The summed E-state index contributed by atoms with van der Waals surface area (Å²) in [6.07, 6.45) is 42.9. The molecule has 6 unspecified atom stereocenters. The largest absolute Gasteiger partial charge is 0.457 e. The molecule has 0 aromatic heterocycles. The minimum absolute atomic E-state index is 0.0453. The summed E-state index contributed by atoms with van der Waals surface area (Å²) in [5.41, 5.74) is 0. The summed E-state index contributed by atoms with van der Waals surface area (Å²) >= 11 is 0. The molecule has 0 aliphatic carbocycles. The van der Waals surface area contributed by atoms with Gasteiger partial charge in [0.15, 0.2) is 6.29 Å². The van der Waals surface area contributed by atoms with Gasteiger partial charge in [0.25, 0.3) is 0 Å². The van der Waals surface area contributed by atoms with Crippen molar-refractivity contribution in [3.63, 3.8) is 0 Å². The van der Waals surface area contributed by atoms with Crippen molar-refractivity contribution in [1.82, 2.24) is 0 Å². The van der Waals surface area contributed by atoms with Crippen molar-refractivity contribution in [3.8, 4) is 0 Å². The molecule has 0 spiro atoms. The number of rotatable bonds is 51. The average molecular weight is 979 g/mol. The predicted molar refractivity (Wildman–Crippen MR) is 271 cm³/mol. The zero-order valence-electron chi connectivity index (χ0n) is 43.2. The lowest BCUT2D eigenvalue weighted by molar-refractivity contribution is -0.301. The van der Waals surface area contributed by atoms with Crippen LogP contribution in [0.15, 0.2) is 0 Å². The second kappa shape index (κ2) is 46.2. The van der Waals surface area contributed by atoms with Crippen LogP contribution < -0.4 is 0 Å². The molecule has 0 aromatic rings. The minimum atomic E-state index is -5.06. The third-order valence-electron chi connectivity index (χ3n) is 13.5. The Kier molecular flexibility index (Phi) is 44.2. The summed E-state index contributed by atoms with van der Waals surface area (Å²) in [4.78, 5) is 12.9. The Bertz CT molecular complexity index is 1180. The van der Waals surface area contributed by atoms with Crippen LogP contribution in [0.25, 0.3) is 0 Å². The molecule has 1 heterocycles. The fraction of sp³-hybridized carbons (Fsp3) is 0.981. The van der Waals surface area contributed by atoms with Gasteiger partial charge in [-0.3, -0.25) is 9.35 Å². The van der Waals surface area contributed by atoms with E-state index in [0.29, 0.717) is 13.0 Å². The molecule has 6 atom stereocenters. The highest BCUT2D eigenvalue weighted by atomic mass is 32.3. The van der Waals surface area contributed by atoms with Crippen molar-refractivity contribution in [1.29, 1.82) is 0 Å². The molecule has 0 aromatic carbocycles. The highest BCUT2D eigenvalue weighted by Gasteiger charge is 2.48. The molecule has 13 heteroatoms. The highest BCUT2D eigenvalue weighted by Crippen LogP contribution is 2.26. The molecular formula is C54H106O12S. The van der Waals surface area contributed by atoms with E-state index in [4.69, 9.17) is 18.9 Å². The smallest absolute Gasteiger partial charge is 0.397 e. The molecule has 1 aliphatic rings. The zero-order valence-corrected chi connectivity index (χ0v) is 44.1. The van der Waals surface area contributed by atoms with Gasteiger partial charge in [0.2, 0.25) is 0 Å². The van der Waals surface area contributed by atoms with E-state index in [1.165, 1.54) is 212 Å². The number of carbonyl (C=O) groups excluding carboxylic acids is 1. The summed E-state index contributed by atoms with van der Waals surface area (Å²) in [6, 6.07) is 0. The fourth-order valence-electron chi connectivity index (χ4n) is 9.21. The second-order valence-electron chi connectivity index (χ2n) is 19.9. The van der Waals surface area contributed by atoms with Crippen molar-refractivity contribution < 1.29 is 56.2 Å². The van der Waals surface area contributed by atoms with Gasteiger partial charge in [-0.1, -0.05) is 258 Å². The lowest BCUT2D eigenvalue weighted by Crippen LogP contribution is -2.60. The van der Waals surface area contributed by atoms with Crippen LogP contribution in [0.4, 0.5) is 0 Å². The standard InChI is InChI=1S/C54H106O12S/c1-3-5-7-9-11-13-15-17-19-20-21-22-23-24-25-26-27-28-29-31-33-35-37-39-41-43-50(56)64-48(47-63-54-52(58)53(66-67(59,60)61)51(57)49(45-55)65-54)46-62-44-42-40-38-36-34-32-30-18-16-14-12-10-8-6-4-2/h48-49,51-55,57-58H,3-47H2,1-2H3,(H,59,60,61). The van der Waals surface area contributed by atoms with Gasteiger partial charge in [-0.15, -0.1) is 0 Å². The monoisotopic (exact) mass is 979 g/mol. The maximum absolute atomic E-state index is 12.9. The Hall–Kier alpha value is -0.900. The first-order valence-corrected chi connectivity index (χ1v) is 29.7. The van der Waals surface area contributed by atoms with Gasteiger partial charge in [-0.25, -0.2) is 4.18 Å². The first-order chi connectivity index (χ1) is 32.6. The van der Waals surface area contributed by atoms with E-state index in [1.807, 2.05) is 0 Å². The lowest BCUT2D eigenvalue weighted by Gasteiger charge is -2.41. The Morgan fingerprint density at radius 3 is 1.19 bits per heavy atom. The van der Waals surface area contributed by atoms with E-state index in [1.54, 1.807) is 0 Å². The summed E-state index contributed by atoms with van der Waals surface area (Å²) in [6.45, 7) is 4.07. The van der Waals surface area contributed by atoms with Crippen LogP contribution >= 0.6 is 0 Å². The maximum atomic E-state index is 12.9. The summed E-state index contributed by atoms with van der Waals surface area (Å²) in [5.74, 6) is -0.389. The van der Waals surface area contributed by atoms with Crippen molar-refractivity contribution in [2.75, 3.05) is 26.4 Å². The molecule has 0 bridgehead atoms. The number of aliphatic hydroxyl groups excluding tert-OH is 3. The van der Waals surface area contributed by atoms with Gasteiger partial charge in [0.05, 0.1) is 19.8 Å². The molecule has 12 nitrogen and oxygen atoms in total. The van der Waals surface area contributed by atoms with Crippen LogP contribution in [0.5, 0.6) is 0 Å². The number of hydrogen-bond donors (Lipinski definition) is 4. The molecule has 0 saturated carbocycles. The number of carbonyl (C=O) groups is 1. The average Bonchev–Trinajstić information content (AvgIpc) is 3.30. The molecule has 67 heavy (non-hydrogen) atoms. The first kappa shape index (κ1) is 64.1. The van der Waals surface area contributed by atoms with Gasteiger partial charge in [-0.05, 0) is 12.8 Å². The number of aliphatic hydroxyl groups is 3. The van der Waals surface area contributed by atoms with Crippen LogP contribution in [0, 0.1) is 0 Å². The molecular weight excluding hydrogens is 873 g/mol. The Balaban J connectivity index is 2.26. The van der Waals surface area contributed by atoms with Crippen LogP contribution in [0.2, 0.25) is 0 Å². The molecule has 0 amide bonds. The maximum Gasteiger partial charge on any atom is 0.397 e. The molecule has 0 radical (unpaired) electrons. The van der Waals surface area contributed by atoms with Gasteiger partial charge in [0.1, 0.15) is 30.5 Å². The fourth-order valence-corrected chi connectivity index (χ4v) is 9.72. The normalized spacial score (nSPS) is 19.3. The van der Waals surface area contributed by atoms with Crippen LogP contribution in [-0.2, 0) is 38.3 Å². The van der Waals surface area contributed by atoms with Crippen molar-refractivity contribution in [2.24, 2.45) is 0 Å². The third kappa shape index (κ3) is 39.4. The van der Waals surface area contributed by atoms with Crippen LogP contribution in [0.3, 0.4) is 0 Å². The summed E-state index contributed by atoms with van der Waals surface area (Å²) < 4.78 is 59.3. The number of esters is 1. The Labute approximate surface area is 411 Å². The molecule has 1 saturated heterocycles. The Morgan fingerprint density at radius 2 is 0.851 bits per heavy atom. The van der Waals surface area contributed by atoms with Crippen molar-refractivity contribution >= 4 is 16.4 Å². The van der Waals surface area contributed by atoms with Gasteiger partial charge >= 0.3 is 16.4 Å². The van der Waals surface area contributed by atoms with Gasteiger partial charge in [-0.2, -0.15) is 8.42 Å². The van der Waals surface area contributed by atoms with Gasteiger partial charge < -0.3 is 34.3 Å². The number of unbranched alkanes of at least 4 members (excludes halogenated alkanes) is 38. The van der Waals surface area contributed by atoms with Crippen LogP contribution in [-0.4, -0.2) is 97.5 Å². The highest BCUT2D eigenvalue weighted by molar-refractivity contribution is 7.80. The van der Waals surface area contributed by atoms with E-state index in [-0.39, 0.29) is 25.6 Å².